The van der Waals surface area contributed by atoms with Crippen LogP contribution in [0.25, 0.3) is 0 Å². The highest BCUT2D eigenvalue weighted by Gasteiger charge is 2.25. The van der Waals surface area contributed by atoms with E-state index in [0.717, 1.165) is 5.56 Å². The quantitative estimate of drug-likeness (QED) is 0.757. The molecule has 0 unspecified atom stereocenters. The lowest BCUT2D eigenvalue weighted by molar-refractivity contribution is 0.0724. The van der Waals surface area contributed by atoms with E-state index in [9.17, 15) is 4.79 Å². The second kappa shape index (κ2) is 5.49. The average Bonchev–Trinajstić information content (AvgIpc) is 2.32. The Balaban J connectivity index is 2.86. The van der Waals surface area contributed by atoms with Gasteiger partial charge in [0, 0.05) is 10.6 Å². The molecule has 1 aromatic rings. The number of carbonyl (C=O) groups is 1. The highest BCUT2D eigenvalue weighted by Crippen LogP contribution is 2.16. The number of aryl methyl sites for hydroxylation is 1. The Morgan fingerprint density at radius 2 is 2.00 bits per heavy atom. The molecule has 0 heterocycles. The Kier molecular flexibility index (Phi) is 4.51. The van der Waals surface area contributed by atoms with Crippen LogP contribution in [-0.4, -0.2) is 34.9 Å². The van der Waals surface area contributed by atoms with Gasteiger partial charge in [-0.2, -0.15) is 0 Å². The molecule has 0 atom stereocenters. The summed E-state index contributed by atoms with van der Waals surface area (Å²) in [6.07, 6.45) is 0. The van der Waals surface area contributed by atoms with Crippen LogP contribution in [0.3, 0.4) is 0 Å². The number of amides is 1. The van der Waals surface area contributed by atoms with Crippen LogP contribution in [-0.2, 0) is 0 Å². The molecule has 0 fully saturated rings. The Hall–Kier alpha value is -1.10. The largest absolute Gasteiger partial charge is 0.394 e. The van der Waals surface area contributed by atoms with E-state index >= 15 is 0 Å². The van der Waals surface area contributed by atoms with Gasteiger partial charge < -0.3 is 15.5 Å². The van der Waals surface area contributed by atoms with Gasteiger partial charge in [-0.15, -0.1) is 0 Å². The molecule has 0 aromatic heterocycles. The molecule has 17 heavy (non-hydrogen) atoms. The molecule has 0 bridgehead atoms. The van der Waals surface area contributed by atoms with Crippen molar-refractivity contribution in [2.24, 2.45) is 0 Å². The molecule has 94 valence electrons. The number of rotatable bonds is 4. The van der Waals surface area contributed by atoms with Crippen LogP contribution in [0.1, 0.15) is 22.8 Å². The first-order chi connectivity index (χ1) is 7.91. The minimum absolute atomic E-state index is 0.332. The highest BCUT2D eigenvalue weighted by molar-refractivity contribution is 6.31. The van der Waals surface area contributed by atoms with Crippen molar-refractivity contribution in [3.8, 4) is 0 Å². The van der Waals surface area contributed by atoms with Crippen LogP contribution in [0, 0.1) is 6.92 Å². The number of aliphatic hydroxyl groups excluding tert-OH is 2. The third-order valence-electron chi connectivity index (χ3n) is 2.53. The molecule has 1 rings (SSSR count). The lowest BCUT2D eigenvalue weighted by Crippen LogP contribution is -2.51. The molecule has 0 aliphatic heterocycles. The van der Waals surface area contributed by atoms with Crippen LogP contribution < -0.4 is 5.32 Å². The number of halogens is 1. The summed E-state index contributed by atoms with van der Waals surface area (Å²) < 4.78 is 0. The van der Waals surface area contributed by atoms with Gasteiger partial charge in [0.2, 0.25) is 0 Å². The lowest BCUT2D eigenvalue weighted by Gasteiger charge is -2.26. The van der Waals surface area contributed by atoms with E-state index in [-0.39, 0.29) is 19.1 Å². The molecule has 5 heteroatoms. The van der Waals surface area contributed by atoms with E-state index in [4.69, 9.17) is 21.8 Å². The molecule has 0 saturated heterocycles. The average molecular weight is 258 g/mol. The number of hydrogen-bond acceptors (Lipinski definition) is 3. The van der Waals surface area contributed by atoms with E-state index in [1.165, 1.54) is 0 Å². The number of carbonyl (C=O) groups excluding carboxylic acids is 1. The van der Waals surface area contributed by atoms with Gasteiger partial charge in [0.25, 0.3) is 5.91 Å². The maximum atomic E-state index is 11.9. The first-order valence-corrected chi connectivity index (χ1v) is 5.60. The number of hydrogen-bond donors (Lipinski definition) is 3. The van der Waals surface area contributed by atoms with Crippen molar-refractivity contribution in [3.63, 3.8) is 0 Å². The van der Waals surface area contributed by atoms with Crippen molar-refractivity contribution in [3.05, 3.63) is 34.3 Å². The van der Waals surface area contributed by atoms with E-state index < -0.39 is 5.54 Å². The van der Waals surface area contributed by atoms with Crippen molar-refractivity contribution in [1.29, 1.82) is 0 Å². The zero-order chi connectivity index (χ0) is 13.1. The second-order valence-electron chi connectivity index (χ2n) is 4.29. The number of benzene rings is 1. The highest BCUT2D eigenvalue weighted by atomic mass is 35.5. The molecule has 0 radical (unpaired) electrons. The van der Waals surface area contributed by atoms with Crippen LogP contribution >= 0.6 is 11.6 Å². The Labute approximate surface area is 105 Å². The maximum absolute atomic E-state index is 11.9. The molecule has 0 aliphatic carbocycles. The molecule has 0 saturated carbocycles. The molecular formula is C12H16ClNO3. The molecule has 1 aromatic carbocycles. The van der Waals surface area contributed by atoms with Crippen molar-refractivity contribution < 1.29 is 15.0 Å². The van der Waals surface area contributed by atoms with Crippen molar-refractivity contribution in [1.82, 2.24) is 5.32 Å². The van der Waals surface area contributed by atoms with Crippen LogP contribution in [0.2, 0.25) is 5.02 Å². The summed E-state index contributed by atoms with van der Waals surface area (Å²) in [5.74, 6) is -0.352. The van der Waals surface area contributed by atoms with E-state index in [1.807, 2.05) is 0 Å². The van der Waals surface area contributed by atoms with E-state index in [2.05, 4.69) is 5.32 Å². The van der Waals surface area contributed by atoms with Gasteiger partial charge in [0.05, 0.1) is 18.8 Å². The summed E-state index contributed by atoms with van der Waals surface area (Å²) >= 11 is 5.86. The summed E-state index contributed by atoms with van der Waals surface area (Å²) in [5, 5.41) is 21.3. The normalized spacial score (nSPS) is 11.4. The van der Waals surface area contributed by atoms with Gasteiger partial charge in [0.15, 0.2) is 0 Å². The zero-order valence-corrected chi connectivity index (χ0v) is 10.6. The van der Waals surface area contributed by atoms with Gasteiger partial charge in [-0.05, 0) is 37.6 Å². The van der Waals surface area contributed by atoms with E-state index in [0.29, 0.717) is 10.6 Å². The predicted molar refractivity (Wildman–Crippen MR) is 66.2 cm³/mol. The maximum Gasteiger partial charge on any atom is 0.251 e. The molecule has 0 aliphatic rings. The van der Waals surface area contributed by atoms with E-state index in [1.54, 1.807) is 32.0 Å². The Morgan fingerprint density at radius 1 is 1.41 bits per heavy atom. The smallest absolute Gasteiger partial charge is 0.251 e. The van der Waals surface area contributed by atoms with Crippen LogP contribution in [0.15, 0.2) is 18.2 Å². The fourth-order valence-electron chi connectivity index (χ4n) is 1.26. The van der Waals surface area contributed by atoms with Gasteiger partial charge in [-0.1, -0.05) is 11.6 Å². The SMILES string of the molecule is Cc1cc(C(=O)NC(C)(CO)CO)ccc1Cl. The summed E-state index contributed by atoms with van der Waals surface area (Å²) in [4.78, 5) is 11.9. The van der Waals surface area contributed by atoms with Crippen LogP contribution in [0.4, 0.5) is 0 Å². The topological polar surface area (TPSA) is 69.6 Å². The van der Waals surface area contributed by atoms with Crippen LogP contribution in [0.5, 0.6) is 0 Å². The summed E-state index contributed by atoms with van der Waals surface area (Å²) in [6.45, 7) is 2.70. The Bertz CT molecular complexity index is 416. The van der Waals surface area contributed by atoms with Gasteiger partial charge in [-0.25, -0.2) is 0 Å². The molecular weight excluding hydrogens is 242 g/mol. The first-order valence-electron chi connectivity index (χ1n) is 5.22. The van der Waals surface area contributed by atoms with Gasteiger partial charge in [0.1, 0.15) is 0 Å². The van der Waals surface area contributed by atoms with Gasteiger partial charge in [-0.3, -0.25) is 4.79 Å². The lowest BCUT2D eigenvalue weighted by atomic mass is 10.0. The molecule has 1 amide bonds. The minimum atomic E-state index is -1.02. The molecule has 3 N–H and O–H groups in total. The summed E-state index contributed by atoms with van der Waals surface area (Å²) in [6, 6.07) is 4.90. The standard InChI is InChI=1S/C12H16ClNO3/c1-8-5-9(3-4-10(8)13)11(17)14-12(2,6-15)7-16/h3-5,15-16H,6-7H2,1-2H3,(H,14,17). The van der Waals surface area contributed by atoms with Crippen molar-refractivity contribution >= 4 is 17.5 Å². The number of nitrogens with one attached hydrogen (secondary N) is 1. The van der Waals surface area contributed by atoms with Crippen molar-refractivity contribution in [2.45, 2.75) is 19.4 Å². The fraction of sp³-hybridized carbons (Fsp3) is 0.417. The Morgan fingerprint density at radius 3 is 2.47 bits per heavy atom. The summed E-state index contributed by atoms with van der Waals surface area (Å²) in [7, 11) is 0. The number of aliphatic hydroxyl groups is 2. The van der Waals surface area contributed by atoms with Gasteiger partial charge >= 0.3 is 0 Å². The monoisotopic (exact) mass is 257 g/mol. The zero-order valence-electron chi connectivity index (χ0n) is 9.83. The third-order valence-corrected chi connectivity index (χ3v) is 2.96. The fourth-order valence-corrected chi connectivity index (χ4v) is 1.38. The first kappa shape index (κ1) is 14.0. The molecule has 4 nitrogen and oxygen atoms in total. The van der Waals surface area contributed by atoms with Crippen molar-refractivity contribution in [2.75, 3.05) is 13.2 Å². The minimum Gasteiger partial charge on any atom is -0.394 e. The summed E-state index contributed by atoms with van der Waals surface area (Å²) in [5.41, 5.74) is 0.221. The molecule has 0 spiro atoms. The predicted octanol–water partition coefficient (Wildman–Crippen LogP) is 1.12. The second-order valence-corrected chi connectivity index (χ2v) is 4.70. The third kappa shape index (κ3) is 3.43.